The summed E-state index contributed by atoms with van der Waals surface area (Å²) in [5, 5.41) is 16.2. The van der Waals surface area contributed by atoms with E-state index in [0.29, 0.717) is 11.8 Å². The van der Waals surface area contributed by atoms with Gasteiger partial charge in [0.25, 0.3) is 5.89 Å². The normalized spacial score (nSPS) is 10.6. The van der Waals surface area contributed by atoms with Gasteiger partial charge in [-0.15, -0.1) is 10.2 Å². The molecule has 0 aromatic carbocycles. The van der Waals surface area contributed by atoms with Crippen molar-refractivity contribution in [1.29, 1.82) is 0 Å². The smallest absolute Gasteiger partial charge is 0.303 e. The third kappa shape index (κ3) is 2.52. The van der Waals surface area contributed by atoms with Gasteiger partial charge in [-0.05, 0) is 6.07 Å². The molecule has 0 radical (unpaired) electrons. The van der Waals surface area contributed by atoms with Crippen molar-refractivity contribution in [2.75, 3.05) is 0 Å². The van der Waals surface area contributed by atoms with E-state index >= 15 is 0 Å². The van der Waals surface area contributed by atoms with Gasteiger partial charge in [-0.25, -0.2) is 0 Å². The quantitative estimate of drug-likeness (QED) is 0.852. The first-order chi connectivity index (χ1) is 8.20. The Morgan fingerprint density at radius 3 is 3.00 bits per heavy atom. The van der Waals surface area contributed by atoms with E-state index in [-0.39, 0.29) is 12.8 Å². The molecule has 0 unspecified atom stereocenters. The minimum absolute atomic E-state index is 0.0202. The SMILES string of the molecule is CCc1occc1-c1nnc(CCC(=O)O)o1. The zero-order valence-corrected chi connectivity index (χ0v) is 9.34. The highest BCUT2D eigenvalue weighted by atomic mass is 16.4. The molecular formula is C11H12N2O4. The van der Waals surface area contributed by atoms with Gasteiger partial charge in [0.2, 0.25) is 5.89 Å². The number of aromatic nitrogens is 2. The Morgan fingerprint density at radius 2 is 2.29 bits per heavy atom. The molecule has 0 spiro atoms. The number of carbonyl (C=O) groups is 1. The molecule has 6 heteroatoms. The van der Waals surface area contributed by atoms with Crippen molar-refractivity contribution >= 4 is 5.97 Å². The number of furan rings is 1. The van der Waals surface area contributed by atoms with E-state index in [1.807, 2.05) is 6.92 Å². The highest BCUT2D eigenvalue weighted by Crippen LogP contribution is 2.24. The van der Waals surface area contributed by atoms with Crippen molar-refractivity contribution in [3.8, 4) is 11.5 Å². The van der Waals surface area contributed by atoms with Gasteiger partial charge in [0.1, 0.15) is 5.76 Å². The number of nitrogens with zero attached hydrogens (tertiary/aromatic N) is 2. The summed E-state index contributed by atoms with van der Waals surface area (Å²) >= 11 is 0. The van der Waals surface area contributed by atoms with Crippen molar-refractivity contribution in [3.05, 3.63) is 24.0 Å². The first-order valence-electron chi connectivity index (χ1n) is 5.31. The Morgan fingerprint density at radius 1 is 1.47 bits per heavy atom. The van der Waals surface area contributed by atoms with Gasteiger partial charge in [-0.3, -0.25) is 4.79 Å². The topological polar surface area (TPSA) is 89.4 Å². The molecule has 0 fully saturated rings. The van der Waals surface area contributed by atoms with E-state index in [1.54, 1.807) is 12.3 Å². The summed E-state index contributed by atoms with van der Waals surface area (Å²) in [6.45, 7) is 1.96. The van der Waals surface area contributed by atoms with Gasteiger partial charge < -0.3 is 13.9 Å². The lowest BCUT2D eigenvalue weighted by Gasteiger charge is -1.93. The van der Waals surface area contributed by atoms with E-state index in [1.165, 1.54) is 0 Å². The van der Waals surface area contributed by atoms with Crippen LogP contribution in [0.4, 0.5) is 0 Å². The lowest BCUT2D eigenvalue weighted by atomic mass is 10.2. The Balaban J connectivity index is 2.15. The highest BCUT2D eigenvalue weighted by molar-refractivity contribution is 5.66. The van der Waals surface area contributed by atoms with Gasteiger partial charge in [0.05, 0.1) is 18.2 Å². The number of carboxylic acid groups (broad SMARTS) is 1. The Hall–Kier alpha value is -2.11. The van der Waals surface area contributed by atoms with Gasteiger partial charge in [0.15, 0.2) is 0 Å². The van der Waals surface area contributed by atoms with Gasteiger partial charge in [-0.1, -0.05) is 6.92 Å². The fourth-order valence-corrected chi connectivity index (χ4v) is 1.48. The first-order valence-corrected chi connectivity index (χ1v) is 5.31. The average molecular weight is 236 g/mol. The van der Waals surface area contributed by atoms with E-state index in [0.717, 1.165) is 17.7 Å². The van der Waals surface area contributed by atoms with E-state index in [2.05, 4.69) is 10.2 Å². The van der Waals surface area contributed by atoms with Gasteiger partial charge in [-0.2, -0.15) is 0 Å². The fraction of sp³-hybridized carbons (Fsp3) is 0.364. The number of hydrogen-bond acceptors (Lipinski definition) is 5. The second-order valence-electron chi connectivity index (χ2n) is 3.51. The molecule has 2 rings (SSSR count). The highest BCUT2D eigenvalue weighted by Gasteiger charge is 2.14. The predicted octanol–water partition coefficient (Wildman–Crippen LogP) is 1.91. The molecule has 0 aliphatic heterocycles. The summed E-state index contributed by atoms with van der Waals surface area (Å²) in [4.78, 5) is 10.4. The third-order valence-corrected chi connectivity index (χ3v) is 2.32. The lowest BCUT2D eigenvalue weighted by molar-refractivity contribution is -0.137. The average Bonchev–Trinajstić information content (AvgIpc) is 2.94. The summed E-state index contributed by atoms with van der Waals surface area (Å²) in [5.41, 5.74) is 0.765. The Labute approximate surface area is 97.3 Å². The van der Waals surface area contributed by atoms with Crippen molar-refractivity contribution in [3.63, 3.8) is 0 Å². The molecule has 0 atom stereocenters. The van der Waals surface area contributed by atoms with Crippen LogP contribution in [-0.2, 0) is 17.6 Å². The molecule has 2 aromatic rings. The number of aryl methyl sites for hydroxylation is 2. The standard InChI is InChI=1S/C11H12N2O4/c1-2-8-7(5-6-16-8)11-13-12-9(17-11)3-4-10(14)15/h5-6H,2-4H2,1H3,(H,14,15). The largest absolute Gasteiger partial charge is 0.481 e. The molecule has 2 aromatic heterocycles. The van der Waals surface area contributed by atoms with Crippen molar-refractivity contribution in [2.45, 2.75) is 26.2 Å². The molecule has 90 valence electrons. The third-order valence-electron chi connectivity index (χ3n) is 2.32. The molecule has 0 saturated carbocycles. The Kier molecular flexibility index (Phi) is 3.22. The molecule has 0 aliphatic rings. The maximum atomic E-state index is 10.4. The van der Waals surface area contributed by atoms with Gasteiger partial charge >= 0.3 is 5.97 Å². The summed E-state index contributed by atoms with van der Waals surface area (Å²) in [5.74, 6) is 0.586. The first kappa shape index (κ1) is 11.4. The van der Waals surface area contributed by atoms with Crippen LogP contribution in [-0.4, -0.2) is 21.3 Å². The molecule has 0 aliphatic carbocycles. The second-order valence-corrected chi connectivity index (χ2v) is 3.51. The molecule has 6 nitrogen and oxygen atoms in total. The Bertz CT molecular complexity index is 515. The summed E-state index contributed by atoms with van der Waals surface area (Å²) in [7, 11) is 0. The van der Waals surface area contributed by atoms with E-state index < -0.39 is 5.97 Å². The minimum atomic E-state index is -0.887. The van der Waals surface area contributed by atoms with E-state index in [4.69, 9.17) is 13.9 Å². The number of rotatable bonds is 5. The number of aliphatic carboxylic acids is 1. The van der Waals surface area contributed by atoms with Gasteiger partial charge in [0, 0.05) is 12.8 Å². The molecule has 17 heavy (non-hydrogen) atoms. The van der Waals surface area contributed by atoms with E-state index in [9.17, 15) is 4.79 Å². The predicted molar refractivity (Wildman–Crippen MR) is 57.3 cm³/mol. The summed E-state index contributed by atoms with van der Waals surface area (Å²) in [6, 6.07) is 1.76. The second kappa shape index (κ2) is 4.82. The molecule has 1 N–H and O–H groups in total. The lowest BCUT2D eigenvalue weighted by Crippen LogP contribution is -1.97. The molecule has 0 amide bonds. The maximum Gasteiger partial charge on any atom is 0.303 e. The molecular weight excluding hydrogens is 224 g/mol. The summed E-state index contributed by atoms with van der Waals surface area (Å²) < 4.78 is 10.6. The maximum absolute atomic E-state index is 10.4. The van der Waals surface area contributed by atoms with Crippen LogP contribution in [0.3, 0.4) is 0 Å². The number of carboxylic acids is 1. The zero-order valence-electron chi connectivity index (χ0n) is 9.34. The molecule has 0 bridgehead atoms. The van der Waals surface area contributed by atoms with Crippen LogP contribution in [0.1, 0.15) is 25.0 Å². The number of hydrogen-bond donors (Lipinski definition) is 1. The van der Waals surface area contributed by atoms with Crippen LogP contribution >= 0.6 is 0 Å². The van der Waals surface area contributed by atoms with Crippen LogP contribution in [0.15, 0.2) is 21.2 Å². The van der Waals surface area contributed by atoms with Crippen molar-refractivity contribution in [2.24, 2.45) is 0 Å². The van der Waals surface area contributed by atoms with Crippen LogP contribution in [0.5, 0.6) is 0 Å². The van der Waals surface area contributed by atoms with Crippen molar-refractivity contribution in [1.82, 2.24) is 10.2 Å². The molecule has 2 heterocycles. The molecule has 0 saturated heterocycles. The van der Waals surface area contributed by atoms with Crippen molar-refractivity contribution < 1.29 is 18.7 Å². The fourth-order valence-electron chi connectivity index (χ4n) is 1.48. The summed E-state index contributed by atoms with van der Waals surface area (Å²) in [6.07, 6.45) is 2.51. The zero-order chi connectivity index (χ0) is 12.3. The van der Waals surface area contributed by atoms with Crippen LogP contribution in [0, 0.1) is 0 Å². The van der Waals surface area contributed by atoms with Crippen LogP contribution in [0.25, 0.3) is 11.5 Å². The van der Waals surface area contributed by atoms with Crippen LogP contribution in [0.2, 0.25) is 0 Å². The minimum Gasteiger partial charge on any atom is -0.481 e. The monoisotopic (exact) mass is 236 g/mol. The van der Waals surface area contributed by atoms with Crippen LogP contribution < -0.4 is 0 Å².